The Morgan fingerprint density at radius 1 is 1.11 bits per heavy atom. The van der Waals surface area contributed by atoms with Crippen molar-refractivity contribution in [1.29, 1.82) is 0 Å². The molecule has 0 radical (unpaired) electrons. The molecule has 2 fully saturated rings. The van der Waals surface area contributed by atoms with E-state index in [4.69, 9.17) is 16.3 Å². The zero-order valence-corrected chi connectivity index (χ0v) is 21.8. The molecule has 2 aliphatic heterocycles. The lowest BCUT2D eigenvalue weighted by Crippen LogP contribution is -2.51. The molecule has 0 aliphatic carbocycles. The maximum atomic E-state index is 13.7. The minimum atomic E-state index is -4.55. The number of nitrogens with one attached hydrogen (secondary N) is 1. The van der Waals surface area contributed by atoms with Crippen LogP contribution in [0.5, 0.6) is 0 Å². The predicted octanol–water partition coefficient (Wildman–Crippen LogP) is 5.70. The average molecular weight is 542 g/mol. The number of carbonyl (C=O) groups is 1. The van der Waals surface area contributed by atoms with Gasteiger partial charge in [0.2, 0.25) is 0 Å². The van der Waals surface area contributed by atoms with Crippen LogP contribution < -0.4 is 10.2 Å². The number of alkyl halides is 3. The van der Waals surface area contributed by atoms with Gasteiger partial charge in [-0.05, 0) is 60.6 Å². The Balaban J connectivity index is 1.49. The van der Waals surface area contributed by atoms with Crippen molar-refractivity contribution in [2.24, 2.45) is 0 Å². The number of carbonyl (C=O) groups excluding carboxylic acids is 1. The van der Waals surface area contributed by atoms with Gasteiger partial charge in [0.05, 0.1) is 5.56 Å². The third-order valence-corrected chi connectivity index (χ3v) is 7.89. The highest BCUT2D eigenvalue weighted by molar-refractivity contribution is 7.99. The second kappa shape index (κ2) is 12.1. The van der Waals surface area contributed by atoms with Crippen LogP contribution in [0, 0.1) is 0 Å². The van der Waals surface area contributed by atoms with Crippen LogP contribution in [0.15, 0.2) is 41.3 Å². The van der Waals surface area contributed by atoms with E-state index in [1.54, 1.807) is 30.0 Å². The lowest BCUT2D eigenvalue weighted by atomic mass is 10.0. The van der Waals surface area contributed by atoms with Crippen LogP contribution in [0.4, 0.5) is 18.9 Å². The quantitative estimate of drug-likeness (QED) is 0.455. The zero-order chi connectivity index (χ0) is 25.7. The number of nitrogens with zero attached hydrogens (tertiary/aromatic N) is 2. The molecule has 0 atom stereocenters. The molecule has 2 aromatic rings. The standard InChI is InChI=1S/C26H31ClF3N3O2S/c1-2-36-24-4-3-21(27)14-19(24)17-31-25(34)18-13-20(26(28,29)30)16-23(15-18)33-9-7-32(8-10-33)22-5-11-35-12-6-22/h3-4,13-16,22H,2,5-12,17H2,1H3,(H,31,34). The van der Waals surface area contributed by atoms with Crippen LogP contribution in [0.2, 0.25) is 5.02 Å². The number of thioether (sulfide) groups is 1. The molecule has 1 N–H and O–H groups in total. The van der Waals surface area contributed by atoms with Gasteiger partial charge in [0.1, 0.15) is 0 Å². The number of amides is 1. The van der Waals surface area contributed by atoms with Gasteiger partial charge in [-0.1, -0.05) is 18.5 Å². The number of rotatable bonds is 7. The summed E-state index contributed by atoms with van der Waals surface area (Å²) in [7, 11) is 0. The largest absolute Gasteiger partial charge is 0.416 e. The molecule has 10 heteroatoms. The Labute approximate surface area is 219 Å². The van der Waals surface area contributed by atoms with Gasteiger partial charge in [0.25, 0.3) is 5.91 Å². The van der Waals surface area contributed by atoms with Crippen molar-refractivity contribution >= 4 is 35.0 Å². The first-order chi connectivity index (χ1) is 17.2. The Bertz CT molecular complexity index is 1060. The van der Waals surface area contributed by atoms with Crippen molar-refractivity contribution in [2.45, 2.75) is 43.4 Å². The molecule has 2 saturated heterocycles. The van der Waals surface area contributed by atoms with Gasteiger partial charge in [-0.3, -0.25) is 9.69 Å². The Morgan fingerprint density at radius 3 is 2.50 bits per heavy atom. The summed E-state index contributed by atoms with van der Waals surface area (Å²) >= 11 is 7.74. The molecule has 0 bridgehead atoms. The van der Waals surface area contributed by atoms with Gasteiger partial charge in [-0.2, -0.15) is 13.2 Å². The number of anilines is 1. The molecular weight excluding hydrogens is 511 g/mol. The number of ether oxygens (including phenoxy) is 1. The molecule has 196 valence electrons. The van der Waals surface area contributed by atoms with E-state index in [-0.39, 0.29) is 12.1 Å². The molecule has 0 aromatic heterocycles. The number of hydrogen-bond donors (Lipinski definition) is 1. The fourth-order valence-corrected chi connectivity index (χ4v) is 5.73. The first-order valence-electron chi connectivity index (χ1n) is 12.2. The second-order valence-corrected chi connectivity index (χ2v) is 10.7. The Kier molecular flexibility index (Phi) is 9.09. The normalized spacial score (nSPS) is 17.9. The first kappa shape index (κ1) is 27.1. The minimum absolute atomic E-state index is 0.00148. The predicted molar refractivity (Wildman–Crippen MR) is 138 cm³/mol. The molecule has 36 heavy (non-hydrogen) atoms. The molecule has 1 amide bonds. The van der Waals surface area contributed by atoms with Crippen LogP contribution in [0.3, 0.4) is 0 Å². The van der Waals surface area contributed by atoms with E-state index in [2.05, 4.69) is 10.2 Å². The molecule has 0 saturated carbocycles. The van der Waals surface area contributed by atoms with Gasteiger partial charge >= 0.3 is 6.18 Å². The number of halogens is 4. The van der Waals surface area contributed by atoms with Gasteiger partial charge in [0, 0.05) is 73.1 Å². The summed E-state index contributed by atoms with van der Waals surface area (Å²) in [6.07, 6.45) is -2.58. The summed E-state index contributed by atoms with van der Waals surface area (Å²) in [4.78, 5) is 18.3. The van der Waals surface area contributed by atoms with Crippen LogP contribution in [0.25, 0.3) is 0 Å². The highest BCUT2D eigenvalue weighted by Gasteiger charge is 2.33. The van der Waals surface area contributed by atoms with Gasteiger partial charge in [-0.15, -0.1) is 11.8 Å². The van der Waals surface area contributed by atoms with E-state index in [1.165, 1.54) is 0 Å². The number of piperazine rings is 1. The van der Waals surface area contributed by atoms with Crippen molar-refractivity contribution in [2.75, 3.05) is 50.0 Å². The summed E-state index contributed by atoms with van der Waals surface area (Å²) < 4.78 is 46.6. The Hall–Kier alpha value is -1.94. The van der Waals surface area contributed by atoms with E-state index in [1.807, 2.05) is 17.9 Å². The third-order valence-electron chi connectivity index (χ3n) is 6.66. The smallest absolute Gasteiger partial charge is 0.381 e. The maximum Gasteiger partial charge on any atom is 0.416 e. The summed E-state index contributed by atoms with van der Waals surface area (Å²) in [5.74, 6) is 0.303. The summed E-state index contributed by atoms with van der Waals surface area (Å²) in [5, 5.41) is 3.33. The molecular formula is C26H31ClF3N3O2S. The van der Waals surface area contributed by atoms with E-state index in [0.29, 0.717) is 29.8 Å². The van der Waals surface area contributed by atoms with E-state index in [0.717, 1.165) is 67.5 Å². The van der Waals surface area contributed by atoms with Crippen molar-refractivity contribution in [3.63, 3.8) is 0 Å². The van der Waals surface area contributed by atoms with E-state index >= 15 is 0 Å². The fraction of sp³-hybridized carbons (Fsp3) is 0.500. The van der Waals surface area contributed by atoms with Crippen LogP contribution in [-0.2, 0) is 17.5 Å². The molecule has 5 nitrogen and oxygen atoms in total. The second-order valence-electron chi connectivity index (χ2n) is 9.00. The Morgan fingerprint density at radius 2 is 1.83 bits per heavy atom. The summed E-state index contributed by atoms with van der Waals surface area (Å²) in [6, 6.07) is 9.55. The van der Waals surface area contributed by atoms with Gasteiger partial charge in [-0.25, -0.2) is 0 Å². The molecule has 2 aromatic carbocycles. The summed E-state index contributed by atoms with van der Waals surface area (Å²) in [5.41, 5.74) is 0.436. The number of hydrogen-bond acceptors (Lipinski definition) is 5. The minimum Gasteiger partial charge on any atom is -0.381 e. The van der Waals surface area contributed by atoms with Crippen molar-refractivity contribution in [1.82, 2.24) is 10.2 Å². The zero-order valence-electron chi connectivity index (χ0n) is 20.2. The lowest BCUT2D eigenvalue weighted by Gasteiger charge is -2.41. The third kappa shape index (κ3) is 6.88. The van der Waals surface area contributed by atoms with Crippen molar-refractivity contribution < 1.29 is 22.7 Å². The molecule has 4 rings (SSSR count). The van der Waals surface area contributed by atoms with Crippen LogP contribution >= 0.6 is 23.4 Å². The van der Waals surface area contributed by atoms with Crippen LogP contribution in [-0.4, -0.2) is 62.0 Å². The van der Waals surface area contributed by atoms with E-state index < -0.39 is 17.6 Å². The highest BCUT2D eigenvalue weighted by atomic mass is 35.5. The van der Waals surface area contributed by atoms with Gasteiger partial charge in [0.15, 0.2) is 0 Å². The van der Waals surface area contributed by atoms with Crippen LogP contribution in [0.1, 0.15) is 41.3 Å². The molecule has 2 heterocycles. The van der Waals surface area contributed by atoms with Crippen molar-refractivity contribution in [3.05, 3.63) is 58.1 Å². The van der Waals surface area contributed by atoms with E-state index in [9.17, 15) is 18.0 Å². The fourth-order valence-electron chi connectivity index (χ4n) is 4.74. The highest BCUT2D eigenvalue weighted by Crippen LogP contribution is 2.34. The SMILES string of the molecule is CCSc1ccc(Cl)cc1CNC(=O)c1cc(N2CCN(C3CCOCC3)CC2)cc(C(F)(F)F)c1. The monoisotopic (exact) mass is 541 g/mol. The molecule has 0 spiro atoms. The van der Waals surface area contributed by atoms with Gasteiger partial charge < -0.3 is 15.0 Å². The molecule has 2 aliphatic rings. The molecule has 0 unspecified atom stereocenters. The number of benzene rings is 2. The maximum absolute atomic E-state index is 13.7. The lowest BCUT2D eigenvalue weighted by molar-refractivity contribution is -0.137. The topological polar surface area (TPSA) is 44.8 Å². The summed E-state index contributed by atoms with van der Waals surface area (Å²) in [6.45, 7) is 6.48. The average Bonchev–Trinajstić information content (AvgIpc) is 2.88. The van der Waals surface area contributed by atoms with Crippen molar-refractivity contribution in [3.8, 4) is 0 Å². The first-order valence-corrected chi connectivity index (χ1v) is 13.6.